The molecule has 0 aliphatic heterocycles. The van der Waals surface area contributed by atoms with Crippen LogP contribution in [0.3, 0.4) is 0 Å². The second kappa shape index (κ2) is 9.20. The Bertz CT molecular complexity index is 1160. The van der Waals surface area contributed by atoms with Crippen molar-refractivity contribution in [1.29, 1.82) is 0 Å². The number of anilines is 2. The van der Waals surface area contributed by atoms with E-state index in [-0.39, 0.29) is 11.4 Å². The molecule has 3 aromatic rings. The lowest BCUT2D eigenvalue weighted by atomic mass is 10.2. The maximum atomic E-state index is 13.3. The standard InChI is InChI=1S/C22H20BrClN2O3S/c1-15-3-10-20(11-4-15)30(28,29)26(19-8-5-17(23)6-9-19)14-22(27)25-21-12-7-18(24)13-16(21)2/h3-13H,14H2,1-2H3,(H,25,27). The summed E-state index contributed by atoms with van der Waals surface area (Å²) >= 11 is 9.31. The van der Waals surface area contributed by atoms with Crippen molar-refractivity contribution in [3.8, 4) is 0 Å². The van der Waals surface area contributed by atoms with Gasteiger partial charge in [0, 0.05) is 15.2 Å². The van der Waals surface area contributed by atoms with Crippen LogP contribution in [0.1, 0.15) is 11.1 Å². The largest absolute Gasteiger partial charge is 0.324 e. The molecule has 0 aliphatic carbocycles. The maximum Gasteiger partial charge on any atom is 0.264 e. The molecular formula is C22H20BrClN2O3S. The Morgan fingerprint density at radius 1 is 1.00 bits per heavy atom. The highest BCUT2D eigenvalue weighted by Gasteiger charge is 2.27. The summed E-state index contributed by atoms with van der Waals surface area (Å²) in [5.41, 5.74) is 2.70. The van der Waals surface area contributed by atoms with Crippen molar-refractivity contribution >= 4 is 54.8 Å². The van der Waals surface area contributed by atoms with Crippen molar-refractivity contribution in [3.63, 3.8) is 0 Å². The summed E-state index contributed by atoms with van der Waals surface area (Å²) in [6.07, 6.45) is 0. The van der Waals surface area contributed by atoms with E-state index in [1.165, 1.54) is 12.1 Å². The first kappa shape index (κ1) is 22.3. The number of sulfonamides is 1. The van der Waals surface area contributed by atoms with E-state index in [1.54, 1.807) is 54.6 Å². The van der Waals surface area contributed by atoms with Gasteiger partial charge < -0.3 is 5.32 Å². The molecule has 1 amide bonds. The number of rotatable bonds is 6. The van der Waals surface area contributed by atoms with Crippen molar-refractivity contribution in [2.75, 3.05) is 16.2 Å². The number of carbonyl (C=O) groups excluding carboxylic acids is 1. The molecule has 0 aliphatic rings. The third-order valence-corrected chi connectivity index (χ3v) is 7.03. The predicted octanol–water partition coefficient (Wildman–Crippen LogP) is 5.55. The molecule has 3 aromatic carbocycles. The van der Waals surface area contributed by atoms with Crippen LogP contribution in [0.4, 0.5) is 11.4 Å². The van der Waals surface area contributed by atoms with Gasteiger partial charge >= 0.3 is 0 Å². The molecule has 0 saturated heterocycles. The first-order chi connectivity index (χ1) is 14.2. The lowest BCUT2D eigenvalue weighted by Gasteiger charge is -2.24. The van der Waals surface area contributed by atoms with E-state index in [0.717, 1.165) is 19.9 Å². The van der Waals surface area contributed by atoms with Crippen molar-refractivity contribution < 1.29 is 13.2 Å². The Balaban J connectivity index is 1.94. The highest BCUT2D eigenvalue weighted by molar-refractivity contribution is 9.10. The van der Waals surface area contributed by atoms with E-state index in [4.69, 9.17) is 11.6 Å². The number of benzene rings is 3. The average Bonchev–Trinajstić information content (AvgIpc) is 2.69. The Morgan fingerprint density at radius 2 is 1.63 bits per heavy atom. The van der Waals surface area contributed by atoms with Gasteiger partial charge in [0.25, 0.3) is 10.0 Å². The Labute approximate surface area is 189 Å². The number of amides is 1. The third kappa shape index (κ3) is 5.22. The minimum atomic E-state index is -3.95. The van der Waals surface area contributed by atoms with Gasteiger partial charge in [-0.2, -0.15) is 0 Å². The molecule has 1 N–H and O–H groups in total. The summed E-state index contributed by atoms with van der Waals surface area (Å²) in [5, 5.41) is 3.33. The van der Waals surface area contributed by atoms with Crippen LogP contribution in [0.2, 0.25) is 5.02 Å². The van der Waals surface area contributed by atoms with Crippen LogP contribution in [-0.2, 0) is 14.8 Å². The third-order valence-electron chi connectivity index (χ3n) is 4.47. The normalized spacial score (nSPS) is 11.2. The molecule has 0 bridgehead atoms. The molecule has 0 radical (unpaired) electrons. The molecule has 3 rings (SSSR count). The molecule has 156 valence electrons. The minimum absolute atomic E-state index is 0.117. The van der Waals surface area contributed by atoms with E-state index >= 15 is 0 Å². The summed E-state index contributed by atoms with van der Waals surface area (Å²) in [7, 11) is -3.95. The highest BCUT2D eigenvalue weighted by Crippen LogP contribution is 2.26. The number of halogens is 2. The minimum Gasteiger partial charge on any atom is -0.324 e. The van der Waals surface area contributed by atoms with Gasteiger partial charge in [-0.25, -0.2) is 8.42 Å². The van der Waals surface area contributed by atoms with Gasteiger partial charge in [-0.3, -0.25) is 9.10 Å². The highest BCUT2D eigenvalue weighted by atomic mass is 79.9. The first-order valence-corrected chi connectivity index (χ1v) is 11.7. The number of hydrogen-bond donors (Lipinski definition) is 1. The maximum absolute atomic E-state index is 13.3. The molecule has 0 unspecified atom stereocenters. The molecule has 0 atom stereocenters. The fourth-order valence-corrected chi connectivity index (χ4v) is 4.76. The number of nitrogens with one attached hydrogen (secondary N) is 1. The van der Waals surface area contributed by atoms with Gasteiger partial charge in [0.2, 0.25) is 5.91 Å². The number of nitrogens with zero attached hydrogens (tertiary/aromatic N) is 1. The Kier molecular flexibility index (Phi) is 6.85. The van der Waals surface area contributed by atoms with Crippen LogP contribution in [0.5, 0.6) is 0 Å². The number of carbonyl (C=O) groups is 1. The van der Waals surface area contributed by atoms with E-state index in [2.05, 4.69) is 21.2 Å². The van der Waals surface area contributed by atoms with E-state index < -0.39 is 15.9 Å². The van der Waals surface area contributed by atoms with Crippen molar-refractivity contribution in [3.05, 3.63) is 87.4 Å². The monoisotopic (exact) mass is 506 g/mol. The summed E-state index contributed by atoms with van der Waals surface area (Å²) < 4.78 is 28.6. The number of aryl methyl sites for hydroxylation is 2. The molecule has 0 saturated carbocycles. The molecular weight excluding hydrogens is 488 g/mol. The van der Waals surface area contributed by atoms with Gasteiger partial charge in [0.1, 0.15) is 6.54 Å². The van der Waals surface area contributed by atoms with Crippen molar-refractivity contribution in [1.82, 2.24) is 0 Å². The van der Waals surface area contributed by atoms with Crippen molar-refractivity contribution in [2.24, 2.45) is 0 Å². The second-order valence-corrected chi connectivity index (χ2v) is 10.0. The Hall–Kier alpha value is -2.35. The van der Waals surface area contributed by atoms with Crippen molar-refractivity contribution in [2.45, 2.75) is 18.7 Å². The van der Waals surface area contributed by atoms with Crippen LogP contribution >= 0.6 is 27.5 Å². The lowest BCUT2D eigenvalue weighted by Crippen LogP contribution is -2.38. The van der Waals surface area contributed by atoms with Crippen LogP contribution in [0.25, 0.3) is 0 Å². The van der Waals surface area contributed by atoms with Gasteiger partial charge in [0.15, 0.2) is 0 Å². The van der Waals surface area contributed by atoms with Gasteiger partial charge in [0.05, 0.1) is 10.6 Å². The van der Waals surface area contributed by atoms with Crippen LogP contribution in [0, 0.1) is 13.8 Å². The molecule has 0 fully saturated rings. The fraction of sp³-hybridized carbons (Fsp3) is 0.136. The Morgan fingerprint density at radius 3 is 2.23 bits per heavy atom. The van der Waals surface area contributed by atoms with Crippen LogP contribution in [0.15, 0.2) is 76.1 Å². The van der Waals surface area contributed by atoms with E-state index in [1.807, 2.05) is 13.8 Å². The van der Waals surface area contributed by atoms with E-state index in [9.17, 15) is 13.2 Å². The molecule has 0 heterocycles. The SMILES string of the molecule is Cc1ccc(S(=O)(=O)N(CC(=O)Nc2ccc(Cl)cc2C)c2ccc(Br)cc2)cc1. The summed E-state index contributed by atoms with van der Waals surface area (Å²) in [4.78, 5) is 12.9. The zero-order chi connectivity index (χ0) is 21.9. The van der Waals surface area contributed by atoms with Crippen LogP contribution < -0.4 is 9.62 Å². The topological polar surface area (TPSA) is 66.5 Å². The molecule has 0 aromatic heterocycles. The number of hydrogen-bond acceptors (Lipinski definition) is 3. The smallest absolute Gasteiger partial charge is 0.264 e. The predicted molar refractivity (Wildman–Crippen MR) is 125 cm³/mol. The summed E-state index contributed by atoms with van der Waals surface area (Å²) in [5.74, 6) is -0.459. The molecule has 30 heavy (non-hydrogen) atoms. The van der Waals surface area contributed by atoms with Gasteiger partial charge in [-0.15, -0.1) is 0 Å². The van der Waals surface area contributed by atoms with Gasteiger partial charge in [-0.1, -0.05) is 45.2 Å². The quantitative estimate of drug-likeness (QED) is 0.475. The summed E-state index contributed by atoms with van der Waals surface area (Å²) in [6.45, 7) is 3.32. The molecule has 0 spiro atoms. The zero-order valence-electron chi connectivity index (χ0n) is 16.4. The van der Waals surface area contributed by atoms with Crippen LogP contribution in [-0.4, -0.2) is 20.9 Å². The molecule has 5 nitrogen and oxygen atoms in total. The average molecular weight is 508 g/mol. The van der Waals surface area contributed by atoms with Gasteiger partial charge in [-0.05, 0) is 74.0 Å². The lowest BCUT2D eigenvalue weighted by molar-refractivity contribution is -0.114. The fourth-order valence-electron chi connectivity index (χ4n) is 2.85. The van der Waals surface area contributed by atoms with E-state index in [0.29, 0.717) is 16.4 Å². The zero-order valence-corrected chi connectivity index (χ0v) is 19.6. The molecule has 8 heteroatoms. The second-order valence-electron chi connectivity index (χ2n) is 6.81. The first-order valence-electron chi connectivity index (χ1n) is 9.08. The summed E-state index contributed by atoms with van der Waals surface area (Å²) in [6, 6.07) is 18.4.